The Morgan fingerprint density at radius 2 is 1.90 bits per heavy atom. The molecule has 3 rings (SSSR count). The van der Waals surface area contributed by atoms with Crippen LogP contribution in [0.2, 0.25) is 5.15 Å². The zero-order chi connectivity index (χ0) is 21.4. The Labute approximate surface area is 177 Å². The fourth-order valence-electron chi connectivity index (χ4n) is 3.97. The first-order valence-electron chi connectivity index (χ1n) is 9.76. The summed E-state index contributed by atoms with van der Waals surface area (Å²) in [6.45, 7) is 11.7. The number of anilines is 1. The lowest BCUT2D eigenvalue weighted by Gasteiger charge is -2.34. The van der Waals surface area contributed by atoms with Crippen molar-refractivity contribution in [1.82, 2.24) is 9.88 Å². The van der Waals surface area contributed by atoms with Crippen LogP contribution in [0, 0.1) is 0 Å². The number of benzene rings is 1. The van der Waals surface area contributed by atoms with E-state index in [0.29, 0.717) is 24.7 Å². The molecule has 0 saturated carbocycles. The molecule has 1 aliphatic heterocycles. The van der Waals surface area contributed by atoms with Crippen molar-refractivity contribution in [1.29, 1.82) is 0 Å². The molecule has 6 heteroatoms. The first kappa shape index (κ1) is 21.5. The van der Waals surface area contributed by atoms with Crippen LogP contribution in [0.15, 0.2) is 42.6 Å². The van der Waals surface area contributed by atoms with Gasteiger partial charge in [-0.2, -0.15) is 0 Å². The number of nitrogens with zero attached hydrogens (tertiary/aromatic N) is 3. The third-order valence-electron chi connectivity index (χ3n) is 5.73. The standard InChI is InChI=1S/C23H28ClN3O2/c1-22(2,3)17-6-8-18(9-7-17)27-15-26(13-16-10-11-25-20(24)12-16)23(4,5)21(27)19(29)14-28/h6-12,14,21H,13,15H2,1-5H3. The Kier molecular flexibility index (Phi) is 5.84. The number of ketones is 1. The van der Waals surface area contributed by atoms with Crippen LogP contribution < -0.4 is 4.90 Å². The molecule has 1 aromatic heterocycles. The topological polar surface area (TPSA) is 53.5 Å². The molecule has 1 fully saturated rings. The van der Waals surface area contributed by atoms with Crippen molar-refractivity contribution in [2.45, 2.75) is 58.2 Å². The summed E-state index contributed by atoms with van der Waals surface area (Å²) in [5, 5.41) is 0.439. The van der Waals surface area contributed by atoms with Crippen molar-refractivity contribution >= 4 is 29.4 Å². The maximum absolute atomic E-state index is 12.6. The molecule has 5 nitrogen and oxygen atoms in total. The van der Waals surface area contributed by atoms with E-state index in [1.807, 2.05) is 43.0 Å². The summed E-state index contributed by atoms with van der Waals surface area (Å²) < 4.78 is 0. The van der Waals surface area contributed by atoms with Gasteiger partial charge < -0.3 is 4.90 Å². The van der Waals surface area contributed by atoms with E-state index >= 15 is 0 Å². The molecule has 0 radical (unpaired) electrons. The lowest BCUT2D eigenvalue weighted by Crippen LogP contribution is -2.51. The summed E-state index contributed by atoms with van der Waals surface area (Å²) in [6, 6.07) is 11.4. The molecule has 2 aromatic rings. The SMILES string of the molecule is CC(C)(C)c1ccc(N2CN(Cc3ccnc(Cl)c3)C(C)(C)C2C(=O)C=O)cc1. The van der Waals surface area contributed by atoms with Gasteiger partial charge in [0.15, 0.2) is 6.29 Å². The van der Waals surface area contributed by atoms with Gasteiger partial charge in [0.25, 0.3) is 0 Å². The lowest BCUT2D eigenvalue weighted by atomic mass is 9.87. The monoisotopic (exact) mass is 413 g/mol. The van der Waals surface area contributed by atoms with Gasteiger partial charge in [-0.15, -0.1) is 0 Å². The van der Waals surface area contributed by atoms with E-state index in [1.54, 1.807) is 6.20 Å². The fraction of sp³-hybridized carbons (Fsp3) is 0.435. The summed E-state index contributed by atoms with van der Waals surface area (Å²) >= 11 is 6.04. The maximum Gasteiger partial charge on any atom is 0.219 e. The Morgan fingerprint density at radius 3 is 2.45 bits per heavy atom. The van der Waals surface area contributed by atoms with Crippen LogP contribution in [0.3, 0.4) is 0 Å². The van der Waals surface area contributed by atoms with Crippen LogP contribution in [-0.2, 0) is 21.5 Å². The quantitative estimate of drug-likeness (QED) is 0.417. The van der Waals surface area contributed by atoms with Gasteiger partial charge in [-0.05, 0) is 54.7 Å². The zero-order valence-corrected chi connectivity index (χ0v) is 18.4. The Hall–Kier alpha value is -2.24. The van der Waals surface area contributed by atoms with Crippen LogP contribution in [0.25, 0.3) is 0 Å². The van der Waals surface area contributed by atoms with E-state index in [2.05, 4.69) is 42.8 Å². The second-order valence-corrected chi connectivity index (χ2v) is 9.56. The number of aldehydes is 1. The molecular weight excluding hydrogens is 386 g/mol. The van der Waals surface area contributed by atoms with Gasteiger partial charge in [0.05, 0.1) is 6.67 Å². The van der Waals surface area contributed by atoms with Crippen molar-refractivity contribution in [3.05, 3.63) is 58.9 Å². The van der Waals surface area contributed by atoms with E-state index in [9.17, 15) is 9.59 Å². The summed E-state index contributed by atoms with van der Waals surface area (Å²) in [7, 11) is 0. The predicted molar refractivity (Wildman–Crippen MR) is 116 cm³/mol. The van der Waals surface area contributed by atoms with Gasteiger partial charge in [-0.25, -0.2) is 4.98 Å². The molecule has 0 bridgehead atoms. The summed E-state index contributed by atoms with van der Waals surface area (Å²) in [5.74, 6) is -0.412. The van der Waals surface area contributed by atoms with Crippen LogP contribution in [0.4, 0.5) is 5.69 Å². The number of Topliss-reactive ketones (excluding diaryl/α,β-unsaturated/α-hetero) is 1. The van der Waals surface area contributed by atoms with Crippen LogP contribution in [0.1, 0.15) is 45.7 Å². The molecule has 0 spiro atoms. The Balaban J connectivity index is 1.95. The zero-order valence-electron chi connectivity index (χ0n) is 17.6. The van der Waals surface area contributed by atoms with E-state index in [4.69, 9.17) is 11.6 Å². The molecule has 1 aromatic carbocycles. The first-order chi connectivity index (χ1) is 13.5. The van der Waals surface area contributed by atoms with E-state index in [1.165, 1.54) is 5.56 Å². The smallest absolute Gasteiger partial charge is 0.219 e. The van der Waals surface area contributed by atoms with Gasteiger partial charge in [-0.1, -0.05) is 44.5 Å². The largest absolute Gasteiger partial charge is 0.346 e. The van der Waals surface area contributed by atoms with E-state index in [0.717, 1.165) is 11.3 Å². The number of hydrogen-bond donors (Lipinski definition) is 0. The molecule has 29 heavy (non-hydrogen) atoms. The van der Waals surface area contributed by atoms with E-state index in [-0.39, 0.29) is 5.41 Å². The number of carbonyl (C=O) groups is 2. The number of aromatic nitrogens is 1. The van der Waals surface area contributed by atoms with Gasteiger partial charge >= 0.3 is 0 Å². The highest BCUT2D eigenvalue weighted by Crippen LogP contribution is 2.37. The average molecular weight is 414 g/mol. The molecule has 1 aliphatic rings. The average Bonchev–Trinajstić information content (AvgIpc) is 2.91. The highest BCUT2D eigenvalue weighted by atomic mass is 35.5. The molecule has 0 aliphatic carbocycles. The first-order valence-corrected chi connectivity index (χ1v) is 10.1. The highest BCUT2D eigenvalue weighted by molar-refractivity contribution is 6.29. The minimum atomic E-state index is -0.558. The maximum atomic E-state index is 12.6. The highest BCUT2D eigenvalue weighted by Gasteiger charge is 2.49. The van der Waals surface area contributed by atoms with Gasteiger partial charge in [0, 0.05) is 24.0 Å². The molecule has 1 unspecified atom stereocenters. The third kappa shape index (κ3) is 4.36. The summed E-state index contributed by atoms with van der Waals surface area (Å²) in [4.78, 5) is 32.3. The fourth-order valence-corrected chi connectivity index (χ4v) is 4.16. The second-order valence-electron chi connectivity index (χ2n) is 9.17. The molecule has 1 atom stereocenters. The van der Waals surface area contributed by atoms with Crippen molar-refractivity contribution in [3.8, 4) is 0 Å². The van der Waals surface area contributed by atoms with Crippen LogP contribution >= 0.6 is 11.6 Å². The third-order valence-corrected chi connectivity index (χ3v) is 5.94. The van der Waals surface area contributed by atoms with Crippen molar-refractivity contribution < 1.29 is 9.59 Å². The summed E-state index contributed by atoms with van der Waals surface area (Å²) in [5.41, 5.74) is 2.69. The van der Waals surface area contributed by atoms with Crippen molar-refractivity contribution in [2.75, 3.05) is 11.6 Å². The van der Waals surface area contributed by atoms with Gasteiger partial charge in [0.1, 0.15) is 11.2 Å². The molecule has 2 heterocycles. The second kappa shape index (κ2) is 7.88. The van der Waals surface area contributed by atoms with Gasteiger partial charge in [-0.3, -0.25) is 14.5 Å². The van der Waals surface area contributed by atoms with Crippen LogP contribution in [0.5, 0.6) is 0 Å². The number of halogens is 1. The predicted octanol–water partition coefficient (Wildman–Crippen LogP) is 4.23. The van der Waals surface area contributed by atoms with Crippen LogP contribution in [-0.4, -0.2) is 40.2 Å². The number of pyridine rings is 1. The van der Waals surface area contributed by atoms with Crippen molar-refractivity contribution in [3.63, 3.8) is 0 Å². The minimum absolute atomic E-state index is 0.0491. The normalized spacial score (nSPS) is 19.4. The van der Waals surface area contributed by atoms with Crippen molar-refractivity contribution in [2.24, 2.45) is 0 Å². The van der Waals surface area contributed by atoms with Gasteiger partial charge in [0.2, 0.25) is 5.78 Å². The van der Waals surface area contributed by atoms with E-state index < -0.39 is 17.4 Å². The molecule has 0 N–H and O–H groups in total. The number of rotatable bonds is 5. The lowest BCUT2D eigenvalue weighted by molar-refractivity contribution is -0.131. The molecule has 0 amide bonds. The molecule has 154 valence electrons. The summed E-state index contributed by atoms with van der Waals surface area (Å²) in [6.07, 6.45) is 2.12. The Bertz CT molecular complexity index is 903. The molecule has 1 saturated heterocycles. The number of carbonyl (C=O) groups excluding carboxylic acids is 2. The number of hydrogen-bond acceptors (Lipinski definition) is 5. The minimum Gasteiger partial charge on any atom is -0.346 e. The Morgan fingerprint density at radius 1 is 1.24 bits per heavy atom. The molecular formula is C23H28ClN3O2.